The second-order valence-corrected chi connectivity index (χ2v) is 5.42. The van der Waals surface area contributed by atoms with E-state index < -0.39 is 16.0 Å². The number of nitrogens with zero attached hydrogens (tertiary/aromatic N) is 1. The predicted octanol–water partition coefficient (Wildman–Crippen LogP) is 0.500. The lowest BCUT2D eigenvalue weighted by Gasteiger charge is -2.15. The molecule has 0 atom stereocenters. The zero-order valence-corrected chi connectivity index (χ0v) is 9.70. The van der Waals surface area contributed by atoms with Crippen LogP contribution in [0.15, 0.2) is 23.4 Å². The number of hydrogen-bond donors (Lipinski definition) is 2. The van der Waals surface area contributed by atoms with Gasteiger partial charge in [-0.15, -0.1) is 0 Å². The Morgan fingerprint density at radius 1 is 1.56 bits per heavy atom. The maximum absolute atomic E-state index is 11.8. The average Bonchev–Trinajstić information content (AvgIpc) is 2.69. The number of aromatic amines is 1. The van der Waals surface area contributed by atoms with Gasteiger partial charge >= 0.3 is 5.97 Å². The van der Waals surface area contributed by atoms with Gasteiger partial charge in [0.1, 0.15) is 0 Å². The molecule has 1 rings (SSSR count). The number of carbonyl (C=O) groups is 1. The van der Waals surface area contributed by atoms with Gasteiger partial charge in [0.05, 0.1) is 4.90 Å². The minimum atomic E-state index is -3.48. The van der Waals surface area contributed by atoms with E-state index >= 15 is 0 Å². The Morgan fingerprint density at radius 3 is 2.75 bits per heavy atom. The Balaban J connectivity index is 2.60. The number of aromatic nitrogens is 1. The van der Waals surface area contributed by atoms with Crippen LogP contribution in [0.3, 0.4) is 0 Å². The van der Waals surface area contributed by atoms with E-state index in [1.54, 1.807) is 0 Å². The van der Waals surface area contributed by atoms with E-state index in [-0.39, 0.29) is 17.9 Å². The number of H-pyrrole nitrogens is 1. The first-order valence-electron chi connectivity index (χ1n) is 4.75. The summed E-state index contributed by atoms with van der Waals surface area (Å²) in [5.74, 6) is -0.924. The lowest BCUT2D eigenvalue weighted by atomic mass is 10.3. The molecule has 1 aromatic heterocycles. The van der Waals surface area contributed by atoms with Crippen LogP contribution in [-0.4, -0.2) is 42.4 Å². The van der Waals surface area contributed by atoms with Gasteiger partial charge in [0, 0.05) is 32.4 Å². The second-order valence-electron chi connectivity index (χ2n) is 3.37. The summed E-state index contributed by atoms with van der Waals surface area (Å²) in [4.78, 5) is 13.1. The first-order chi connectivity index (χ1) is 7.44. The van der Waals surface area contributed by atoms with Gasteiger partial charge in [-0.05, 0) is 12.5 Å². The minimum Gasteiger partial charge on any atom is -0.481 e. The molecule has 0 spiro atoms. The normalized spacial score (nSPS) is 11.9. The van der Waals surface area contributed by atoms with E-state index in [9.17, 15) is 13.2 Å². The van der Waals surface area contributed by atoms with Gasteiger partial charge in [-0.3, -0.25) is 4.79 Å². The van der Waals surface area contributed by atoms with Gasteiger partial charge in [-0.25, -0.2) is 12.7 Å². The Labute approximate surface area is 93.9 Å². The summed E-state index contributed by atoms with van der Waals surface area (Å²) in [6.45, 7) is 0.194. The van der Waals surface area contributed by atoms with Crippen LogP contribution < -0.4 is 0 Å². The van der Waals surface area contributed by atoms with Crippen molar-refractivity contribution in [3.8, 4) is 0 Å². The van der Waals surface area contributed by atoms with Crippen molar-refractivity contribution in [2.24, 2.45) is 0 Å². The molecule has 0 unspecified atom stereocenters. The molecule has 7 heteroatoms. The molecule has 1 heterocycles. The Kier molecular flexibility index (Phi) is 4.08. The lowest BCUT2D eigenvalue weighted by Crippen LogP contribution is -2.28. The molecule has 1 aromatic rings. The molecule has 0 saturated carbocycles. The molecule has 90 valence electrons. The fourth-order valence-corrected chi connectivity index (χ4v) is 2.41. The third kappa shape index (κ3) is 3.07. The Bertz CT molecular complexity index is 438. The average molecular weight is 246 g/mol. The molecule has 6 nitrogen and oxygen atoms in total. The van der Waals surface area contributed by atoms with Gasteiger partial charge in [0.15, 0.2) is 0 Å². The van der Waals surface area contributed by atoms with Crippen LogP contribution in [0.1, 0.15) is 12.8 Å². The largest absolute Gasteiger partial charge is 0.481 e. The molecule has 0 aliphatic carbocycles. The summed E-state index contributed by atoms with van der Waals surface area (Å²) < 4.78 is 24.8. The van der Waals surface area contributed by atoms with Crippen molar-refractivity contribution >= 4 is 16.0 Å². The standard InChI is InChI=1S/C9H14N2O4S/c1-11(6-2-3-9(12)13)16(14,15)8-4-5-10-7-8/h4-5,7,10H,2-3,6H2,1H3,(H,12,13). The first-order valence-corrected chi connectivity index (χ1v) is 6.19. The second kappa shape index (κ2) is 5.13. The molecule has 0 bridgehead atoms. The van der Waals surface area contributed by atoms with Gasteiger partial charge in [-0.2, -0.15) is 0 Å². The van der Waals surface area contributed by atoms with E-state index in [0.717, 1.165) is 4.31 Å². The smallest absolute Gasteiger partial charge is 0.303 e. The molecule has 2 N–H and O–H groups in total. The number of sulfonamides is 1. The van der Waals surface area contributed by atoms with Crippen molar-refractivity contribution in [3.63, 3.8) is 0 Å². The maximum atomic E-state index is 11.8. The molecule has 0 radical (unpaired) electrons. The monoisotopic (exact) mass is 246 g/mol. The SMILES string of the molecule is CN(CCCC(=O)O)S(=O)(=O)c1cc[nH]c1. The summed E-state index contributed by atoms with van der Waals surface area (Å²) in [7, 11) is -2.05. The van der Waals surface area contributed by atoms with Crippen LogP contribution in [-0.2, 0) is 14.8 Å². The Morgan fingerprint density at radius 2 is 2.25 bits per heavy atom. The van der Waals surface area contributed by atoms with Crippen molar-refractivity contribution in [1.29, 1.82) is 0 Å². The predicted molar refractivity (Wildman–Crippen MR) is 57.5 cm³/mol. The summed E-state index contributed by atoms with van der Waals surface area (Å²) in [5.41, 5.74) is 0. The van der Waals surface area contributed by atoms with Crippen molar-refractivity contribution < 1.29 is 18.3 Å². The molecule has 0 aliphatic rings. The van der Waals surface area contributed by atoms with E-state index in [4.69, 9.17) is 5.11 Å². The summed E-state index contributed by atoms with van der Waals surface area (Å²) in [6.07, 6.45) is 3.18. The van der Waals surface area contributed by atoms with Crippen molar-refractivity contribution in [3.05, 3.63) is 18.5 Å². The van der Waals surface area contributed by atoms with E-state index in [0.29, 0.717) is 6.42 Å². The topological polar surface area (TPSA) is 90.5 Å². The number of nitrogens with one attached hydrogen (secondary N) is 1. The summed E-state index contributed by atoms with van der Waals surface area (Å²) >= 11 is 0. The fourth-order valence-electron chi connectivity index (χ4n) is 1.22. The molecule has 0 saturated heterocycles. The van der Waals surface area contributed by atoms with Crippen LogP contribution in [0, 0.1) is 0 Å². The number of hydrogen-bond acceptors (Lipinski definition) is 3. The fraction of sp³-hybridized carbons (Fsp3) is 0.444. The van der Waals surface area contributed by atoms with E-state index in [1.165, 1.54) is 25.5 Å². The lowest BCUT2D eigenvalue weighted by molar-refractivity contribution is -0.137. The highest BCUT2D eigenvalue weighted by atomic mass is 32.2. The third-order valence-corrected chi connectivity index (χ3v) is 3.99. The van der Waals surface area contributed by atoms with Gasteiger partial charge < -0.3 is 10.1 Å². The third-order valence-electron chi connectivity index (χ3n) is 2.14. The van der Waals surface area contributed by atoms with Crippen LogP contribution in [0.25, 0.3) is 0 Å². The molecule has 0 aromatic carbocycles. The zero-order chi connectivity index (χ0) is 12.2. The van der Waals surface area contributed by atoms with Crippen LogP contribution in [0.5, 0.6) is 0 Å². The van der Waals surface area contributed by atoms with Crippen LogP contribution in [0.4, 0.5) is 0 Å². The molecule has 0 fully saturated rings. The minimum absolute atomic E-state index is 0.0347. The highest BCUT2D eigenvalue weighted by Gasteiger charge is 2.20. The van der Waals surface area contributed by atoms with E-state index in [2.05, 4.69) is 4.98 Å². The van der Waals surface area contributed by atoms with Gasteiger partial charge in [-0.1, -0.05) is 0 Å². The Hall–Kier alpha value is -1.34. The van der Waals surface area contributed by atoms with Crippen molar-refractivity contribution in [2.75, 3.05) is 13.6 Å². The van der Waals surface area contributed by atoms with Gasteiger partial charge in [0.25, 0.3) is 0 Å². The first kappa shape index (κ1) is 12.7. The van der Waals surface area contributed by atoms with Gasteiger partial charge in [0.2, 0.25) is 10.0 Å². The molecular weight excluding hydrogens is 232 g/mol. The number of carboxylic acids is 1. The van der Waals surface area contributed by atoms with Crippen molar-refractivity contribution in [2.45, 2.75) is 17.7 Å². The van der Waals surface area contributed by atoms with E-state index in [1.807, 2.05) is 0 Å². The summed E-state index contributed by atoms with van der Waals surface area (Å²) in [5, 5.41) is 8.44. The van der Waals surface area contributed by atoms with Crippen molar-refractivity contribution in [1.82, 2.24) is 9.29 Å². The number of carboxylic acid groups (broad SMARTS) is 1. The molecular formula is C9H14N2O4S. The molecule has 0 amide bonds. The maximum Gasteiger partial charge on any atom is 0.303 e. The highest BCUT2D eigenvalue weighted by Crippen LogP contribution is 2.13. The number of aliphatic carboxylic acids is 1. The van der Waals surface area contributed by atoms with Crippen LogP contribution >= 0.6 is 0 Å². The number of rotatable bonds is 6. The quantitative estimate of drug-likeness (QED) is 0.764. The molecule has 0 aliphatic heterocycles. The highest BCUT2D eigenvalue weighted by molar-refractivity contribution is 7.89. The van der Waals surface area contributed by atoms with Crippen LogP contribution in [0.2, 0.25) is 0 Å². The zero-order valence-electron chi connectivity index (χ0n) is 8.88. The summed E-state index contributed by atoms with van der Waals surface area (Å²) in [6, 6.07) is 1.46. The molecule has 16 heavy (non-hydrogen) atoms.